The van der Waals surface area contributed by atoms with Gasteiger partial charge in [0.15, 0.2) is 0 Å². The highest BCUT2D eigenvalue weighted by Gasteiger charge is 2.37. The average molecular weight is 373 g/mol. The third-order valence-corrected chi connectivity index (χ3v) is 5.34. The summed E-state index contributed by atoms with van der Waals surface area (Å²) in [6.45, 7) is 3.18. The number of rotatable bonds is 8. The number of methoxy groups -OCH3 is 1. The van der Waals surface area contributed by atoms with E-state index in [0.717, 1.165) is 0 Å². The van der Waals surface area contributed by atoms with Crippen LogP contribution in [0.3, 0.4) is 0 Å². The van der Waals surface area contributed by atoms with Gasteiger partial charge in [0.25, 0.3) is 0 Å². The van der Waals surface area contributed by atoms with Gasteiger partial charge in [0.05, 0.1) is 25.9 Å². The van der Waals surface area contributed by atoms with Crippen LogP contribution in [0, 0.1) is 0 Å². The summed E-state index contributed by atoms with van der Waals surface area (Å²) < 4.78 is 34.1. The molecule has 1 fully saturated rings. The third-order valence-electron chi connectivity index (χ3n) is 3.69. The molecule has 0 aromatic heterocycles. The Kier molecular flexibility index (Phi) is 6.98. The molecule has 1 aliphatic heterocycles. The number of ether oxygens (including phenoxy) is 2. The number of nitrogens with one attached hydrogen (secondary N) is 1. The van der Waals surface area contributed by atoms with Gasteiger partial charge >= 0.3 is 13.7 Å². The van der Waals surface area contributed by atoms with Gasteiger partial charge in [-0.05, 0) is 26.0 Å². The molecule has 8 nitrogen and oxygen atoms in total. The van der Waals surface area contributed by atoms with Gasteiger partial charge in [-0.3, -0.25) is 9.32 Å². The Morgan fingerprint density at radius 3 is 2.68 bits per heavy atom. The van der Waals surface area contributed by atoms with Gasteiger partial charge in [-0.1, -0.05) is 18.2 Å². The number of carbonyl (C=O) groups excluding carboxylic acids is 1. The number of hydrogen-bond donors (Lipinski definition) is 2. The lowest BCUT2D eigenvalue weighted by Gasteiger charge is -2.24. The molecule has 0 radical (unpaired) electrons. The summed E-state index contributed by atoms with van der Waals surface area (Å²) in [5.41, 5.74) is 0. The summed E-state index contributed by atoms with van der Waals surface area (Å²) in [6, 6.07) is 7.54. The largest absolute Gasteiger partial charge is 0.468 e. The van der Waals surface area contributed by atoms with E-state index in [1.165, 1.54) is 14.0 Å². The molecule has 4 unspecified atom stereocenters. The van der Waals surface area contributed by atoms with Crippen LogP contribution in [0.1, 0.15) is 20.3 Å². The van der Waals surface area contributed by atoms with Crippen LogP contribution in [-0.2, 0) is 23.4 Å². The van der Waals surface area contributed by atoms with Crippen molar-refractivity contribution in [1.29, 1.82) is 0 Å². The van der Waals surface area contributed by atoms with Crippen LogP contribution in [0.4, 0.5) is 0 Å². The molecule has 25 heavy (non-hydrogen) atoms. The van der Waals surface area contributed by atoms with Crippen LogP contribution in [0.25, 0.3) is 0 Å². The fraction of sp³-hybridized carbons (Fsp3) is 0.562. The minimum absolute atomic E-state index is 0.111. The Morgan fingerprint density at radius 2 is 2.12 bits per heavy atom. The van der Waals surface area contributed by atoms with Crippen LogP contribution in [0.5, 0.6) is 5.75 Å². The quantitative estimate of drug-likeness (QED) is 0.526. The maximum Gasteiger partial charge on any atom is 0.459 e. The van der Waals surface area contributed by atoms with Crippen molar-refractivity contribution in [2.24, 2.45) is 0 Å². The van der Waals surface area contributed by atoms with E-state index in [4.69, 9.17) is 13.8 Å². The molecule has 5 atom stereocenters. The van der Waals surface area contributed by atoms with Gasteiger partial charge < -0.3 is 19.1 Å². The van der Waals surface area contributed by atoms with Gasteiger partial charge in [-0.25, -0.2) is 4.57 Å². The molecule has 1 saturated heterocycles. The standard InChI is InChI=1S/C16H24NO7P/c1-11-9-14(18)15(23-11)10-22-25(20,17-12(2)16(19)21-3)24-13-7-5-4-6-8-13/h4-8,11-12,14-15,18H,9-10H2,1-3H3,(H,17,20)/t11?,12-,14?,15?,25?/m0/s1. The summed E-state index contributed by atoms with van der Waals surface area (Å²) >= 11 is 0. The third kappa shape index (κ3) is 5.80. The molecule has 2 N–H and O–H groups in total. The lowest BCUT2D eigenvalue weighted by atomic mass is 10.1. The monoisotopic (exact) mass is 373 g/mol. The molecule has 1 aromatic rings. The molecular weight excluding hydrogens is 349 g/mol. The van der Waals surface area contributed by atoms with Crippen molar-refractivity contribution in [2.45, 2.75) is 44.6 Å². The number of carbonyl (C=O) groups is 1. The highest BCUT2D eigenvalue weighted by molar-refractivity contribution is 7.52. The predicted octanol–water partition coefficient (Wildman–Crippen LogP) is 1.88. The molecule has 1 heterocycles. The van der Waals surface area contributed by atoms with E-state index in [1.807, 2.05) is 6.92 Å². The second kappa shape index (κ2) is 8.78. The lowest BCUT2D eigenvalue weighted by molar-refractivity contribution is -0.142. The zero-order chi connectivity index (χ0) is 18.4. The first-order valence-corrected chi connectivity index (χ1v) is 9.55. The van der Waals surface area contributed by atoms with E-state index in [1.54, 1.807) is 30.3 Å². The van der Waals surface area contributed by atoms with Crippen LogP contribution in [0.2, 0.25) is 0 Å². The van der Waals surface area contributed by atoms with Gasteiger partial charge in [-0.2, -0.15) is 5.09 Å². The van der Waals surface area contributed by atoms with Crippen molar-refractivity contribution in [3.8, 4) is 5.75 Å². The highest BCUT2D eigenvalue weighted by atomic mass is 31.2. The van der Waals surface area contributed by atoms with Crippen molar-refractivity contribution in [2.75, 3.05) is 13.7 Å². The molecule has 1 aliphatic rings. The SMILES string of the molecule is COC(=O)[C@H](C)NP(=O)(OCC1OC(C)CC1O)Oc1ccccc1. The van der Waals surface area contributed by atoms with Crippen LogP contribution < -0.4 is 9.61 Å². The number of aliphatic hydroxyl groups is 1. The van der Waals surface area contributed by atoms with Crippen molar-refractivity contribution in [3.05, 3.63) is 30.3 Å². The smallest absolute Gasteiger partial charge is 0.459 e. The van der Waals surface area contributed by atoms with E-state index < -0.39 is 32.0 Å². The van der Waals surface area contributed by atoms with Crippen molar-refractivity contribution < 1.29 is 33.0 Å². The first kappa shape index (κ1) is 19.9. The Balaban J connectivity index is 2.08. The second-order valence-electron chi connectivity index (χ2n) is 5.86. The van der Waals surface area contributed by atoms with Crippen LogP contribution in [0.15, 0.2) is 30.3 Å². The van der Waals surface area contributed by atoms with Crippen LogP contribution in [-0.4, -0.2) is 49.1 Å². The summed E-state index contributed by atoms with van der Waals surface area (Å²) in [7, 11) is -2.67. The Morgan fingerprint density at radius 1 is 1.44 bits per heavy atom. The lowest BCUT2D eigenvalue weighted by Crippen LogP contribution is -2.36. The Bertz CT molecular complexity index is 612. The van der Waals surface area contributed by atoms with E-state index in [-0.39, 0.29) is 12.7 Å². The number of hydrogen-bond acceptors (Lipinski definition) is 7. The summed E-state index contributed by atoms with van der Waals surface area (Å²) in [4.78, 5) is 11.6. The van der Waals surface area contributed by atoms with E-state index >= 15 is 0 Å². The molecule has 9 heteroatoms. The number of aliphatic hydroxyl groups excluding tert-OH is 1. The summed E-state index contributed by atoms with van der Waals surface area (Å²) in [5, 5.41) is 12.5. The molecule has 0 bridgehead atoms. The second-order valence-corrected chi connectivity index (χ2v) is 7.55. The minimum Gasteiger partial charge on any atom is -0.468 e. The zero-order valence-electron chi connectivity index (χ0n) is 14.5. The molecule has 0 amide bonds. The molecule has 0 saturated carbocycles. The molecule has 0 spiro atoms. The van der Waals surface area contributed by atoms with Gasteiger partial charge in [0, 0.05) is 6.42 Å². The molecule has 140 valence electrons. The average Bonchev–Trinajstić information content (AvgIpc) is 2.90. The highest BCUT2D eigenvalue weighted by Crippen LogP contribution is 2.45. The van der Waals surface area contributed by atoms with Gasteiger partial charge in [0.2, 0.25) is 0 Å². The molecule has 1 aromatic carbocycles. The number of benzene rings is 1. The van der Waals surface area contributed by atoms with Gasteiger partial charge in [0.1, 0.15) is 17.9 Å². The van der Waals surface area contributed by atoms with E-state index in [0.29, 0.717) is 12.2 Å². The summed E-state index contributed by atoms with van der Waals surface area (Å²) in [5.74, 6) is -0.289. The molecule has 2 rings (SSSR count). The number of esters is 1. The number of para-hydroxylation sites is 1. The topological polar surface area (TPSA) is 103 Å². The maximum absolute atomic E-state index is 13.1. The Labute approximate surface area is 147 Å². The zero-order valence-corrected chi connectivity index (χ0v) is 15.3. The molecule has 0 aliphatic carbocycles. The van der Waals surface area contributed by atoms with Gasteiger partial charge in [-0.15, -0.1) is 0 Å². The van der Waals surface area contributed by atoms with Crippen LogP contribution >= 0.6 is 7.75 Å². The maximum atomic E-state index is 13.1. The normalized spacial score (nSPS) is 26.6. The predicted molar refractivity (Wildman–Crippen MR) is 90.2 cm³/mol. The van der Waals surface area contributed by atoms with Crippen molar-refractivity contribution in [3.63, 3.8) is 0 Å². The molecular formula is C16H24NO7P. The first-order chi connectivity index (χ1) is 11.8. The Hall–Kier alpha value is -1.44. The van der Waals surface area contributed by atoms with Crippen molar-refractivity contribution in [1.82, 2.24) is 5.09 Å². The minimum atomic E-state index is -3.91. The fourth-order valence-electron chi connectivity index (χ4n) is 2.44. The van der Waals surface area contributed by atoms with Crippen molar-refractivity contribution >= 4 is 13.7 Å². The van der Waals surface area contributed by atoms with E-state index in [2.05, 4.69) is 9.82 Å². The van der Waals surface area contributed by atoms with E-state index in [9.17, 15) is 14.5 Å². The fourth-order valence-corrected chi connectivity index (χ4v) is 3.94. The summed E-state index contributed by atoms with van der Waals surface area (Å²) in [6.07, 6.45) is -0.958. The first-order valence-electron chi connectivity index (χ1n) is 8.01.